The molecule has 1 radical (unpaired) electrons. The standard InChI is InChI=1S/C23H29FNO6Si/c1-22(2,3)23(4,31-32(5)6)16-17(25(19(16)27)20(28)21(29)30)14-11-10-12-13(18(14)26)8-7-9-15(12)24/h7-9,14,16-17H,10-11H2,1-6H3,(H,29,30)/t14-,16-,17-,23-/m1/s1. The SMILES string of the molecule is C[Si](C)O[C@](C)([C@H]1C(=O)N(C(=O)C(=O)O)[C@@H]1[C@H]1CCc2c(F)cccc2C1=O)C(C)(C)C. The summed E-state index contributed by atoms with van der Waals surface area (Å²) in [6.07, 6.45) is 0.468. The Kier molecular flexibility index (Phi) is 6.20. The van der Waals surface area contributed by atoms with Gasteiger partial charge in [-0.05, 0) is 49.9 Å². The average molecular weight is 463 g/mol. The topological polar surface area (TPSA) is 101 Å². The highest BCUT2D eigenvalue weighted by Crippen LogP contribution is 2.51. The molecule has 1 fully saturated rings. The number of carbonyl (C=O) groups excluding carboxylic acids is 3. The minimum atomic E-state index is -1.76. The average Bonchev–Trinajstić information content (AvgIpc) is 2.66. The highest BCUT2D eigenvalue weighted by Gasteiger charge is 2.66. The second-order valence-electron chi connectivity index (χ2n) is 9.93. The van der Waals surface area contributed by atoms with Crippen LogP contribution >= 0.6 is 0 Å². The lowest BCUT2D eigenvalue weighted by molar-refractivity contribution is -0.196. The van der Waals surface area contributed by atoms with Gasteiger partial charge >= 0.3 is 11.9 Å². The number of benzene rings is 1. The summed E-state index contributed by atoms with van der Waals surface area (Å²) in [6.45, 7) is 11.4. The summed E-state index contributed by atoms with van der Waals surface area (Å²) < 4.78 is 20.6. The van der Waals surface area contributed by atoms with E-state index in [1.165, 1.54) is 18.2 Å². The zero-order chi connectivity index (χ0) is 24.2. The van der Waals surface area contributed by atoms with Crippen molar-refractivity contribution in [2.24, 2.45) is 17.3 Å². The molecule has 1 aliphatic heterocycles. The van der Waals surface area contributed by atoms with Gasteiger partial charge < -0.3 is 9.53 Å². The van der Waals surface area contributed by atoms with Gasteiger partial charge in [-0.25, -0.2) is 9.18 Å². The predicted molar refractivity (Wildman–Crippen MR) is 116 cm³/mol. The third kappa shape index (κ3) is 3.71. The normalized spacial score (nSPS) is 25.2. The van der Waals surface area contributed by atoms with Gasteiger partial charge in [-0.2, -0.15) is 0 Å². The monoisotopic (exact) mass is 462 g/mol. The van der Waals surface area contributed by atoms with Crippen LogP contribution in [0, 0.1) is 23.1 Å². The fraction of sp³-hybridized carbons (Fsp3) is 0.565. The molecular formula is C23H29FNO6Si. The zero-order valence-electron chi connectivity index (χ0n) is 19.2. The number of amides is 2. The molecule has 0 unspecified atom stereocenters. The number of ketones is 1. The van der Waals surface area contributed by atoms with Gasteiger partial charge in [-0.15, -0.1) is 0 Å². The molecule has 0 bridgehead atoms. The van der Waals surface area contributed by atoms with Crippen molar-refractivity contribution in [2.75, 3.05) is 0 Å². The summed E-state index contributed by atoms with van der Waals surface area (Å²) in [6, 6.07) is 3.30. The van der Waals surface area contributed by atoms with Gasteiger partial charge in [0.15, 0.2) is 5.78 Å². The molecule has 173 valence electrons. The Balaban J connectivity index is 2.11. The Morgan fingerprint density at radius 3 is 2.34 bits per heavy atom. The number of Topliss-reactive ketones (excluding diaryl/α,β-unsaturated/α-hetero) is 1. The van der Waals surface area contributed by atoms with Gasteiger partial charge in [0.05, 0.1) is 17.6 Å². The first-order valence-corrected chi connectivity index (χ1v) is 13.0. The third-order valence-electron chi connectivity index (χ3n) is 6.88. The van der Waals surface area contributed by atoms with E-state index < -0.39 is 61.5 Å². The molecule has 4 atom stereocenters. The fourth-order valence-electron chi connectivity index (χ4n) is 4.93. The molecule has 1 aromatic carbocycles. The van der Waals surface area contributed by atoms with Crippen molar-refractivity contribution in [1.82, 2.24) is 4.90 Å². The summed E-state index contributed by atoms with van der Waals surface area (Å²) >= 11 is 0. The number of fused-ring (bicyclic) bond motifs is 1. The van der Waals surface area contributed by atoms with E-state index in [-0.39, 0.29) is 24.2 Å². The van der Waals surface area contributed by atoms with Crippen molar-refractivity contribution in [1.29, 1.82) is 0 Å². The van der Waals surface area contributed by atoms with E-state index in [1.807, 2.05) is 33.9 Å². The minimum absolute atomic E-state index is 0.209. The van der Waals surface area contributed by atoms with Crippen LogP contribution in [-0.2, 0) is 25.2 Å². The maximum atomic E-state index is 14.2. The van der Waals surface area contributed by atoms with Gasteiger partial charge in [0.25, 0.3) is 0 Å². The van der Waals surface area contributed by atoms with Crippen molar-refractivity contribution in [3.8, 4) is 0 Å². The molecule has 7 nitrogen and oxygen atoms in total. The van der Waals surface area contributed by atoms with Crippen LogP contribution in [0.15, 0.2) is 18.2 Å². The largest absolute Gasteiger partial charge is 0.474 e. The molecular weight excluding hydrogens is 433 g/mol. The van der Waals surface area contributed by atoms with Crippen LogP contribution in [0.1, 0.15) is 50.0 Å². The first-order chi connectivity index (χ1) is 14.7. The van der Waals surface area contributed by atoms with Crippen molar-refractivity contribution < 1.29 is 33.1 Å². The summed E-state index contributed by atoms with van der Waals surface area (Å²) in [7, 11) is -1.30. The number of rotatable bonds is 4. The fourth-order valence-corrected chi connectivity index (χ4v) is 6.21. The molecule has 1 aromatic rings. The number of halogens is 1. The van der Waals surface area contributed by atoms with Crippen molar-refractivity contribution in [3.05, 3.63) is 35.1 Å². The first kappa shape index (κ1) is 24.3. The number of carbonyl (C=O) groups is 4. The van der Waals surface area contributed by atoms with Crippen molar-refractivity contribution in [3.63, 3.8) is 0 Å². The Bertz CT molecular complexity index is 987. The maximum absolute atomic E-state index is 14.2. The highest BCUT2D eigenvalue weighted by atomic mass is 28.3. The molecule has 1 aliphatic carbocycles. The molecule has 1 N–H and O–H groups in total. The van der Waals surface area contributed by atoms with Gasteiger partial charge in [-0.3, -0.25) is 19.3 Å². The lowest BCUT2D eigenvalue weighted by Gasteiger charge is -2.59. The molecule has 3 rings (SSSR count). The Labute approximate surface area is 188 Å². The second-order valence-corrected chi connectivity index (χ2v) is 12.0. The number of β-lactam (4-membered cyclic amide) rings is 1. The molecule has 9 heteroatoms. The van der Waals surface area contributed by atoms with Crippen LogP contribution in [0.2, 0.25) is 13.1 Å². The summed E-state index contributed by atoms with van der Waals surface area (Å²) in [4.78, 5) is 51.2. The second kappa shape index (κ2) is 8.19. The molecule has 0 aromatic heterocycles. The Morgan fingerprint density at radius 2 is 1.81 bits per heavy atom. The van der Waals surface area contributed by atoms with Crippen molar-refractivity contribution in [2.45, 2.75) is 65.3 Å². The number of carboxylic acids is 1. The predicted octanol–water partition coefficient (Wildman–Crippen LogP) is 3.08. The molecule has 0 spiro atoms. The number of nitrogens with zero attached hydrogens (tertiary/aromatic N) is 1. The lowest BCUT2D eigenvalue weighted by atomic mass is 9.59. The quantitative estimate of drug-likeness (QED) is 0.419. The number of imide groups is 1. The van der Waals surface area contributed by atoms with E-state index in [2.05, 4.69) is 0 Å². The molecule has 1 saturated heterocycles. The number of carboxylic acid groups (broad SMARTS) is 1. The Morgan fingerprint density at radius 1 is 1.19 bits per heavy atom. The summed E-state index contributed by atoms with van der Waals surface area (Å²) in [5, 5.41) is 9.30. The smallest absolute Gasteiger partial charge is 0.395 e. The Hall–Kier alpha value is -2.39. The number of aliphatic carboxylic acids is 1. The highest BCUT2D eigenvalue weighted by molar-refractivity contribution is 6.48. The van der Waals surface area contributed by atoms with Gasteiger partial charge in [-0.1, -0.05) is 32.9 Å². The summed E-state index contributed by atoms with van der Waals surface area (Å²) in [5.74, 6) is -6.33. The van der Waals surface area contributed by atoms with Crippen LogP contribution < -0.4 is 0 Å². The van der Waals surface area contributed by atoms with E-state index in [4.69, 9.17) is 4.43 Å². The van der Waals surface area contributed by atoms with E-state index >= 15 is 0 Å². The van der Waals surface area contributed by atoms with Gasteiger partial charge in [0, 0.05) is 11.5 Å². The lowest BCUT2D eigenvalue weighted by Crippen LogP contribution is -2.76. The van der Waals surface area contributed by atoms with E-state index in [0.717, 1.165) is 0 Å². The molecule has 0 saturated carbocycles. The van der Waals surface area contributed by atoms with Crippen LogP contribution in [0.25, 0.3) is 0 Å². The van der Waals surface area contributed by atoms with Crippen LogP contribution in [0.4, 0.5) is 4.39 Å². The number of hydrogen-bond acceptors (Lipinski definition) is 5. The van der Waals surface area contributed by atoms with Crippen LogP contribution in [-0.4, -0.2) is 54.3 Å². The molecule has 2 amide bonds. The molecule has 1 heterocycles. The number of likely N-dealkylation sites (tertiary alicyclic amines) is 1. The van der Waals surface area contributed by atoms with Gasteiger partial charge in [0.2, 0.25) is 14.9 Å². The maximum Gasteiger partial charge on any atom is 0.395 e. The van der Waals surface area contributed by atoms with Gasteiger partial charge in [0.1, 0.15) is 5.82 Å². The zero-order valence-corrected chi connectivity index (χ0v) is 20.2. The van der Waals surface area contributed by atoms with E-state index in [0.29, 0.717) is 10.5 Å². The first-order valence-electron chi connectivity index (χ1n) is 10.6. The molecule has 32 heavy (non-hydrogen) atoms. The summed E-state index contributed by atoms with van der Waals surface area (Å²) in [5.41, 5.74) is -1.05. The number of hydrogen-bond donors (Lipinski definition) is 1. The van der Waals surface area contributed by atoms with Crippen LogP contribution in [0.5, 0.6) is 0 Å². The van der Waals surface area contributed by atoms with Crippen molar-refractivity contribution >= 4 is 32.6 Å². The van der Waals surface area contributed by atoms with Crippen LogP contribution in [0.3, 0.4) is 0 Å². The van der Waals surface area contributed by atoms with E-state index in [9.17, 15) is 28.7 Å². The van der Waals surface area contributed by atoms with E-state index in [1.54, 1.807) is 6.92 Å². The molecule has 2 aliphatic rings. The third-order valence-corrected chi connectivity index (χ3v) is 7.71. The minimum Gasteiger partial charge on any atom is -0.474 e.